The molecule has 1 saturated carbocycles. The summed E-state index contributed by atoms with van der Waals surface area (Å²) in [6.45, 7) is 0. The van der Waals surface area contributed by atoms with E-state index in [1.54, 1.807) is 0 Å². The first kappa shape index (κ1) is 19.4. The average molecular weight is 433 g/mol. The van der Waals surface area contributed by atoms with Gasteiger partial charge in [0.05, 0.1) is 0 Å². The molecule has 4 aromatic rings. The molecule has 0 bridgehead atoms. The Morgan fingerprint density at radius 2 is 1.84 bits per heavy atom. The number of nitrogens with zero attached hydrogens (tertiary/aromatic N) is 3. The molecule has 0 radical (unpaired) electrons. The number of urea groups is 1. The molecule has 1 fully saturated rings. The minimum atomic E-state index is -0.880. The Kier molecular flexibility index (Phi) is 4.95. The van der Waals surface area contributed by atoms with Gasteiger partial charge in [-0.1, -0.05) is 60.3 Å². The average Bonchev–Trinajstić information content (AvgIpc) is 3.38. The third-order valence-electron chi connectivity index (χ3n) is 5.22. The molecule has 0 saturated heterocycles. The molecule has 3 amide bonds. The summed E-state index contributed by atoms with van der Waals surface area (Å²) in [7, 11) is 0. The van der Waals surface area contributed by atoms with Crippen molar-refractivity contribution < 1.29 is 9.59 Å². The van der Waals surface area contributed by atoms with Gasteiger partial charge in [0.15, 0.2) is 11.0 Å². The highest BCUT2D eigenvalue weighted by Gasteiger charge is 2.33. The number of thioether (sulfide) groups is 1. The molecule has 5 rings (SSSR count). The number of H-pyrrole nitrogens is 1. The zero-order valence-corrected chi connectivity index (χ0v) is 17.3. The number of aromatic amines is 1. The van der Waals surface area contributed by atoms with E-state index in [0.717, 1.165) is 40.7 Å². The van der Waals surface area contributed by atoms with Crippen molar-refractivity contribution in [3.63, 3.8) is 0 Å². The molecule has 1 atom stereocenters. The molecule has 2 aromatic carbocycles. The number of nitrogens with two attached hydrogens (primary N) is 1. The maximum Gasteiger partial charge on any atom is 0.318 e. The van der Waals surface area contributed by atoms with Crippen LogP contribution in [0.1, 0.15) is 29.7 Å². The Labute approximate surface area is 182 Å². The number of para-hydroxylation sites is 1. The van der Waals surface area contributed by atoms with Gasteiger partial charge in [0.2, 0.25) is 5.91 Å². The van der Waals surface area contributed by atoms with Gasteiger partial charge in [-0.05, 0) is 24.5 Å². The second kappa shape index (κ2) is 7.92. The predicted octanol–water partition coefficient (Wildman–Crippen LogP) is 3.79. The van der Waals surface area contributed by atoms with E-state index in [4.69, 9.17) is 5.73 Å². The number of nitrogens with one attached hydrogen (secondary N) is 2. The molecule has 0 spiro atoms. The quantitative estimate of drug-likeness (QED) is 0.401. The molecule has 9 heteroatoms. The first-order chi connectivity index (χ1) is 15.1. The number of hydrogen-bond acceptors (Lipinski definition) is 5. The van der Waals surface area contributed by atoms with Gasteiger partial charge in [-0.3, -0.25) is 14.7 Å². The fourth-order valence-electron chi connectivity index (χ4n) is 3.65. The Hall–Kier alpha value is -3.59. The van der Waals surface area contributed by atoms with Gasteiger partial charge in [-0.15, -0.1) is 10.2 Å². The van der Waals surface area contributed by atoms with Crippen LogP contribution in [-0.2, 0) is 4.79 Å². The lowest BCUT2D eigenvalue weighted by Crippen LogP contribution is -2.37. The largest absolute Gasteiger partial charge is 0.360 e. The van der Waals surface area contributed by atoms with Crippen molar-refractivity contribution in [2.45, 2.75) is 29.3 Å². The smallest absolute Gasteiger partial charge is 0.318 e. The maximum atomic E-state index is 12.8. The monoisotopic (exact) mass is 432 g/mol. The fourth-order valence-corrected chi connectivity index (χ4v) is 4.76. The number of benzene rings is 2. The van der Waals surface area contributed by atoms with Crippen molar-refractivity contribution in [2.24, 2.45) is 5.73 Å². The van der Waals surface area contributed by atoms with Crippen molar-refractivity contribution in [3.8, 4) is 11.4 Å². The van der Waals surface area contributed by atoms with Gasteiger partial charge in [0.25, 0.3) is 0 Å². The third-order valence-corrected chi connectivity index (χ3v) is 6.43. The molecule has 2 aromatic heterocycles. The van der Waals surface area contributed by atoms with Crippen molar-refractivity contribution in [1.29, 1.82) is 0 Å². The molecular weight excluding hydrogens is 412 g/mol. The van der Waals surface area contributed by atoms with Gasteiger partial charge in [0, 0.05) is 28.7 Å². The summed E-state index contributed by atoms with van der Waals surface area (Å²) in [6, 6.07) is 16.7. The molecule has 0 aliphatic heterocycles. The van der Waals surface area contributed by atoms with E-state index in [-0.39, 0.29) is 6.04 Å². The SMILES string of the molecule is NC(=O)NC(=O)[C@@H](Sc1nnc(-c2c[nH]c3ccccc23)n1C1CC1)c1ccccc1. The van der Waals surface area contributed by atoms with Crippen LogP contribution in [0.25, 0.3) is 22.3 Å². The van der Waals surface area contributed by atoms with E-state index in [0.29, 0.717) is 5.16 Å². The van der Waals surface area contributed by atoms with Gasteiger partial charge in [0.1, 0.15) is 5.25 Å². The molecular formula is C22H20N6O2S. The number of carbonyl (C=O) groups is 2. The lowest BCUT2D eigenvalue weighted by molar-refractivity contribution is -0.119. The normalized spacial score (nSPS) is 14.5. The standard InChI is InChI=1S/C22H20N6O2S/c23-21(30)25-20(29)18(13-6-2-1-3-7-13)31-22-27-26-19(28(22)14-10-11-14)16-12-24-17-9-5-4-8-15(16)17/h1-9,12,14,18,24H,10-11H2,(H3,23,25,29,30)/t18-/m0/s1. The van der Waals surface area contributed by atoms with Gasteiger partial charge in [-0.2, -0.15) is 0 Å². The zero-order chi connectivity index (χ0) is 21.4. The number of rotatable bonds is 6. The predicted molar refractivity (Wildman–Crippen MR) is 118 cm³/mol. The van der Waals surface area contributed by atoms with Crippen LogP contribution >= 0.6 is 11.8 Å². The van der Waals surface area contributed by atoms with Crippen molar-refractivity contribution in [3.05, 3.63) is 66.4 Å². The second-order valence-electron chi connectivity index (χ2n) is 7.42. The molecule has 156 valence electrons. The summed E-state index contributed by atoms with van der Waals surface area (Å²) in [5.41, 5.74) is 7.95. The number of aromatic nitrogens is 4. The second-order valence-corrected chi connectivity index (χ2v) is 8.49. The minimum absolute atomic E-state index is 0.289. The van der Waals surface area contributed by atoms with E-state index in [9.17, 15) is 9.59 Å². The lowest BCUT2D eigenvalue weighted by Gasteiger charge is -2.16. The Morgan fingerprint density at radius 3 is 2.58 bits per heavy atom. The van der Waals surface area contributed by atoms with E-state index in [1.807, 2.05) is 60.8 Å². The van der Waals surface area contributed by atoms with E-state index in [2.05, 4.69) is 25.1 Å². The molecule has 31 heavy (non-hydrogen) atoms. The van der Waals surface area contributed by atoms with Crippen LogP contribution in [0.4, 0.5) is 4.79 Å². The number of primary amides is 1. The van der Waals surface area contributed by atoms with Crippen LogP contribution in [0.2, 0.25) is 0 Å². The van der Waals surface area contributed by atoms with Crippen molar-refractivity contribution in [1.82, 2.24) is 25.1 Å². The van der Waals surface area contributed by atoms with Crippen molar-refractivity contribution >= 4 is 34.6 Å². The van der Waals surface area contributed by atoms with Crippen LogP contribution < -0.4 is 11.1 Å². The summed E-state index contributed by atoms with van der Waals surface area (Å²) < 4.78 is 2.10. The number of imide groups is 1. The third kappa shape index (κ3) is 3.79. The van der Waals surface area contributed by atoms with E-state index in [1.165, 1.54) is 11.8 Å². The highest BCUT2D eigenvalue weighted by Crippen LogP contribution is 2.45. The first-order valence-electron chi connectivity index (χ1n) is 9.95. The highest BCUT2D eigenvalue weighted by molar-refractivity contribution is 8.00. The minimum Gasteiger partial charge on any atom is -0.360 e. The summed E-state index contributed by atoms with van der Waals surface area (Å²) in [5, 5.41) is 12.1. The summed E-state index contributed by atoms with van der Waals surface area (Å²) in [5.74, 6) is 0.285. The number of hydrogen-bond donors (Lipinski definition) is 3. The molecule has 0 unspecified atom stereocenters. The topological polar surface area (TPSA) is 119 Å². The Balaban J connectivity index is 1.55. The summed E-state index contributed by atoms with van der Waals surface area (Å²) in [4.78, 5) is 27.4. The van der Waals surface area contributed by atoms with E-state index >= 15 is 0 Å². The van der Waals surface area contributed by atoms with Gasteiger partial charge < -0.3 is 10.7 Å². The van der Waals surface area contributed by atoms with Gasteiger partial charge in [-0.25, -0.2) is 4.79 Å². The molecule has 1 aliphatic rings. The lowest BCUT2D eigenvalue weighted by atomic mass is 10.1. The Bertz CT molecular complexity index is 1260. The number of amides is 3. The first-order valence-corrected chi connectivity index (χ1v) is 10.8. The van der Waals surface area contributed by atoms with Crippen LogP contribution in [0.15, 0.2) is 66.0 Å². The molecule has 8 nitrogen and oxygen atoms in total. The molecule has 2 heterocycles. The van der Waals surface area contributed by atoms with Gasteiger partial charge >= 0.3 is 6.03 Å². The van der Waals surface area contributed by atoms with Crippen molar-refractivity contribution in [2.75, 3.05) is 0 Å². The fraction of sp³-hybridized carbons (Fsp3) is 0.182. The summed E-state index contributed by atoms with van der Waals surface area (Å²) in [6.07, 6.45) is 4.01. The summed E-state index contributed by atoms with van der Waals surface area (Å²) >= 11 is 1.27. The van der Waals surface area contributed by atoms with Crippen LogP contribution in [0, 0.1) is 0 Å². The number of fused-ring (bicyclic) bond motifs is 1. The van der Waals surface area contributed by atoms with Crippen LogP contribution in [0.5, 0.6) is 0 Å². The number of carbonyl (C=O) groups excluding carboxylic acids is 2. The van der Waals surface area contributed by atoms with Crippen LogP contribution in [0.3, 0.4) is 0 Å². The Morgan fingerprint density at radius 1 is 1.10 bits per heavy atom. The zero-order valence-electron chi connectivity index (χ0n) is 16.5. The maximum absolute atomic E-state index is 12.8. The van der Waals surface area contributed by atoms with Crippen LogP contribution in [-0.4, -0.2) is 31.7 Å². The molecule has 4 N–H and O–H groups in total. The highest BCUT2D eigenvalue weighted by atomic mass is 32.2. The van der Waals surface area contributed by atoms with E-state index < -0.39 is 17.2 Å². The molecule has 1 aliphatic carbocycles.